The Morgan fingerprint density at radius 3 is 2.81 bits per heavy atom. The third kappa shape index (κ3) is 4.32. The van der Waals surface area contributed by atoms with Crippen molar-refractivity contribution in [3.8, 4) is 0 Å². The Hall–Kier alpha value is -2.35. The van der Waals surface area contributed by atoms with Crippen molar-refractivity contribution in [1.82, 2.24) is 14.9 Å². The van der Waals surface area contributed by atoms with Crippen LogP contribution in [0.5, 0.6) is 0 Å². The summed E-state index contributed by atoms with van der Waals surface area (Å²) in [5, 5.41) is 12.0. The van der Waals surface area contributed by atoms with E-state index in [2.05, 4.69) is 10.3 Å². The lowest BCUT2D eigenvalue weighted by molar-refractivity contribution is -0.138. The van der Waals surface area contributed by atoms with Crippen LogP contribution in [0, 0.1) is 6.92 Å². The topological polar surface area (TPSA) is 67.2 Å². The average molecular weight is 381 g/mol. The minimum atomic E-state index is -4.48. The number of aryl methyl sites for hydroxylation is 1. The summed E-state index contributed by atoms with van der Waals surface area (Å²) in [5.41, 5.74) is 1.15. The fourth-order valence-electron chi connectivity index (χ4n) is 3.68. The number of fused-ring (bicyclic) bond motifs is 1. The van der Waals surface area contributed by atoms with Gasteiger partial charge >= 0.3 is 6.18 Å². The molecule has 1 amide bonds. The number of nitrogens with one attached hydrogen (secondary N) is 1. The number of alkyl halides is 3. The van der Waals surface area contributed by atoms with E-state index in [-0.39, 0.29) is 24.6 Å². The molecule has 1 aliphatic carbocycles. The van der Waals surface area contributed by atoms with Crippen molar-refractivity contribution >= 4 is 5.91 Å². The Morgan fingerprint density at radius 2 is 2.11 bits per heavy atom. The fraction of sp³-hybridized carbons (Fsp3) is 0.474. The molecular formula is C19H22F3N3O2. The highest BCUT2D eigenvalue weighted by molar-refractivity contribution is 5.79. The molecule has 0 aliphatic heterocycles. The van der Waals surface area contributed by atoms with Gasteiger partial charge in [-0.2, -0.15) is 13.2 Å². The summed E-state index contributed by atoms with van der Waals surface area (Å²) in [6, 6.07) is 4.99. The van der Waals surface area contributed by atoms with Crippen LogP contribution in [0.3, 0.4) is 0 Å². The molecule has 0 spiro atoms. The number of hydrogen-bond donors (Lipinski definition) is 2. The molecule has 0 fully saturated rings. The van der Waals surface area contributed by atoms with Crippen LogP contribution in [0.4, 0.5) is 13.2 Å². The predicted octanol–water partition coefficient (Wildman–Crippen LogP) is 2.42. The van der Waals surface area contributed by atoms with Crippen LogP contribution in [0.15, 0.2) is 24.3 Å². The first-order valence-electron chi connectivity index (χ1n) is 8.89. The first-order valence-corrected chi connectivity index (χ1v) is 8.89. The monoisotopic (exact) mass is 381 g/mol. The molecule has 1 aliphatic rings. The molecule has 1 atom stereocenters. The van der Waals surface area contributed by atoms with Gasteiger partial charge in [0.15, 0.2) is 0 Å². The maximum atomic E-state index is 13.1. The lowest BCUT2D eigenvalue weighted by atomic mass is 9.95. The van der Waals surface area contributed by atoms with Gasteiger partial charge in [-0.25, -0.2) is 4.98 Å². The summed E-state index contributed by atoms with van der Waals surface area (Å²) in [6.45, 7) is 2.39. The molecule has 1 unspecified atom stereocenters. The molecule has 2 aromatic rings. The number of aliphatic hydroxyl groups is 1. The lowest BCUT2D eigenvalue weighted by Gasteiger charge is -2.24. The SMILES string of the molecule is Cc1nc2c(n1CCO)CCC(NC(=O)Cc1ccccc1C(F)(F)F)C2. The van der Waals surface area contributed by atoms with Crippen molar-refractivity contribution in [3.05, 3.63) is 52.6 Å². The number of nitrogens with zero attached hydrogens (tertiary/aromatic N) is 2. The van der Waals surface area contributed by atoms with Gasteiger partial charge in [-0.15, -0.1) is 0 Å². The number of aromatic nitrogens is 2. The lowest BCUT2D eigenvalue weighted by Crippen LogP contribution is -2.40. The quantitative estimate of drug-likeness (QED) is 0.836. The molecule has 1 heterocycles. The second-order valence-electron chi connectivity index (χ2n) is 6.77. The number of carbonyl (C=O) groups excluding carboxylic acids is 1. The fourth-order valence-corrected chi connectivity index (χ4v) is 3.68. The molecule has 8 heteroatoms. The summed E-state index contributed by atoms with van der Waals surface area (Å²) in [4.78, 5) is 16.8. The van der Waals surface area contributed by atoms with Gasteiger partial charge in [0, 0.05) is 24.7 Å². The Kier molecular flexibility index (Phi) is 5.55. The van der Waals surface area contributed by atoms with Gasteiger partial charge in [0.2, 0.25) is 5.91 Å². The van der Waals surface area contributed by atoms with E-state index >= 15 is 0 Å². The number of amides is 1. The van der Waals surface area contributed by atoms with Crippen molar-refractivity contribution in [2.45, 2.75) is 51.4 Å². The van der Waals surface area contributed by atoms with Crippen LogP contribution in [-0.4, -0.2) is 33.2 Å². The van der Waals surface area contributed by atoms with Gasteiger partial charge < -0.3 is 15.0 Å². The molecule has 0 bridgehead atoms. The van der Waals surface area contributed by atoms with E-state index in [0.717, 1.165) is 23.3 Å². The molecule has 2 N–H and O–H groups in total. The number of rotatable bonds is 5. The van der Waals surface area contributed by atoms with E-state index in [4.69, 9.17) is 5.11 Å². The molecule has 0 saturated heterocycles. The van der Waals surface area contributed by atoms with Gasteiger partial charge in [0.05, 0.1) is 24.3 Å². The van der Waals surface area contributed by atoms with Crippen LogP contribution in [0.1, 0.15) is 34.8 Å². The van der Waals surface area contributed by atoms with Gasteiger partial charge in [-0.05, 0) is 31.4 Å². The second kappa shape index (κ2) is 7.72. The van der Waals surface area contributed by atoms with Gasteiger partial charge in [-0.3, -0.25) is 4.79 Å². The minimum Gasteiger partial charge on any atom is -0.395 e. The predicted molar refractivity (Wildman–Crippen MR) is 93.2 cm³/mol. The van der Waals surface area contributed by atoms with Crippen LogP contribution in [0.25, 0.3) is 0 Å². The normalized spacial score (nSPS) is 16.9. The Labute approximate surface area is 155 Å². The number of imidazole rings is 1. The molecule has 3 rings (SSSR count). The molecule has 0 saturated carbocycles. The zero-order valence-electron chi connectivity index (χ0n) is 15.0. The molecule has 146 valence electrons. The summed E-state index contributed by atoms with van der Waals surface area (Å²) in [7, 11) is 0. The summed E-state index contributed by atoms with van der Waals surface area (Å²) < 4.78 is 41.2. The van der Waals surface area contributed by atoms with Crippen molar-refractivity contribution in [2.24, 2.45) is 0 Å². The Morgan fingerprint density at radius 1 is 1.37 bits per heavy atom. The summed E-state index contributed by atoms with van der Waals surface area (Å²) in [6.07, 6.45) is -2.84. The molecule has 0 radical (unpaired) electrons. The molecule has 1 aromatic heterocycles. The maximum Gasteiger partial charge on any atom is 0.416 e. The average Bonchev–Trinajstić information content (AvgIpc) is 2.89. The van der Waals surface area contributed by atoms with E-state index in [1.165, 1.54) is 18.2 Å². The van der Waals surface area contributed by atoms with E-state index in [1.54, 1.807) is 0 Å². The summed E-state index contributed by atoms with van der Waals surface area (Å²) in [5.74, 6) is 0.395. The first-order chi connectivity index (χ1) is 12.8. The van der Waals surface area contributed by atoms with Crippen molar-refractivity contribution in [1.29, 1.82) is 0 Å². The number of aliphatic hydroxyl groups excluding tert-OH is 1. The molecule has 5 nitrogen and oxygen atoms in total. The van der Waals surface area contributed by atoms with Crippen molar-refractivity contribution in [3.63, 3.8) is 0 Å². The third-order valence-corrected chi connectivity index (χ3v) is 4.88. The zero-order chi connectivity index (χ0) is 19.6. The molecule has 27 heavy (non-hydrogen) atoms. The smallest absolute Gasteiger partial charge is 0.395 e. The van der Waals surface area contributed by atoms with E-state index < -0.39 is 17.6 Å². The van der Waals surface area contributed by atoms with Crippen LogP contribution in [-0.2, 0) is 36.8 Å². The maximum absolute atomic E-state index is 13.1. The Bertz CT molecular complexity index is 830. The highest BCUT2D eigenvalue weighted by Crippen LogP contribution is 2.32. The molecule has 1 aromatic carbocycles. The number of halogens is 3. The zero-order valence-corrected chi connectivity index (χ0v) is 15.0. The highest BCUT2D eigenvalue weighted by atomic mass is 19.4. The third-order valence-electron chi connectivity index (χ3n) is 4.88. The number of hydrogen-bond acceptors (Lipinski definition) is 3. The van der Waals surface area contributed by atoms with E-state index in [9.17, 15) is 18.0 Å². The summed E-state index contributed by atoms with van der Waals surface area (Å²) >= 11 is 0. The highest BCUT2D eigenvalue weighted by Gasteiger charge is 2.33. The van der Waals surface area contributed by atoms with E-state index in [0.29, 0.717) is 25.8 Å². The van der Waals surface area contributed by atoms with Gasteiger partial charge in [0.25, 0.3) is 0 Å². The van der Waals surface area contributed by atoms with Crippen LogP contribution in [0.2, 0.25) is 0 Å². The van der Waals surface area contributed by atoms with Crippen LogP contribution >= 0.6 is 0 Å². The van der Waals surface area contributed by atoms with Crippen LogP contribution < -0.4 is 5.32 Å². The Balaban J connectivity index is 1.66. The first kappa shape index (κ1) is 19.4. The largest absolute Gasteiger partial charge is 0.416 e. The number of carbonyl (C=O) groups is 1. The number of benzene rings is 1. The van der Waals surface area contributed by atoms with E-state index in [1.807, 2.05) is 11.5 Å². The molecular weight excluding hydrogens is 359 g/mol. The van der Waals surface area contributed by atoms with Gasteiger partial charge in [0.1, 0.15) is 5.82 Å². The second-order valence-corrected chi connectivity index (χ2v) is 6.77. The van der Waals surface area contributed by atoms with Crippen molar-refractivity contribution in [2.75, 3.05) is 6.61 Å². The standard InChI is InChI=1S/C19H22F3N3O2/c1-12-23-16-11-14(6-7-17(16)25(12)8-9-26)24-18(27)10-13-4-2-3-5-15(13)19(20,21)22/h2-5,14,26H,6-11H2,1H3,(H,24,27). The van der Waals surface area contributed by atoms with Gasteiger partial charge in [-0.1, -0.05) is 18.2 Å². The minimum absolute atomic E-state index is 0.0259. The van der Waals surface area contributed by atoms with Crippen molar-refractivity contribution < 1.29 is 23.1 Å².